The molecule has 0 aliphatic carbocycles. The quantitative estimate of drug-likeness (QED) is 0.885. The van der Waals surface area contributed by atoms with Gasteiger partial charge in [-0.05, 0) is 26.0 Å². The zero-order valence-corrected chi connectivity index (χ0v) is 11.2. The maximum Gasteiger partial charge on any atom is 0.330 e. The number of carbonyl (C=O) groups excluding carboxylic acids is 1. The van der Waals surface area contributed by atoms with Crippen LogP contribution in [0.1, 0.15) is 30.2 Å². The maximum atomic E-state index is 11.9. The van der Waals surface area contributed by atoms with Crippen molar-refractivity contribution in [2.45, 2.75) is 19.9 Å². The first kappa shape index (κ1) is 13.8. The van der Waals surface area contributed by atoms with Crippen molar-refractivity contribution in [3.8, 4) is 0 Å². The summed E-state index contributed by atoms with van der Waals surface area (Å²) in [6, 6.07) is 9.49. The highest BCUT2D eigenvalue weighted by molar-refractivity contribution is 6.03. The van der Waals surface area contributed by atoms with Gasteiger partial charge in [-0.25, -0.2) is 4.79 Å². The number of nitrogens with one attached hydrogen (secondary N) is 2. The summed E-state index contributed by atoms with van der Waals surface area (Å²) in [6.45, 7) is 3.47. The molecule has 1 aromatic carbocycles. The smallest absolute Gasteiger partial charge is 0.308 e. The Morgan fingerprint density at radius 2 is 1.85 bits per heavy atom. The third-order valence-corrected chi connectivity index (χ3v) is 2.77. The Bertz CT molecular complexity index is 698. The highest BCUT2D eigenvalue weighted by Gasteiger charge is 2.10. The van der Waals surface area contributed by atoms with Crippen LogP contribution in [0.4, 0.5) is 5.82 Å². The van der Waals surface area contributed by atoms with E-state index < -0.39 is 11.2 Å². The molecular formula is C14H15N3O3. The Hall–Kier alpha value is -2.63. The molecule has 20 heavy (non-hydrogen) atoms. The molecule has 0 spiro atoms. The van der Waals surface area contributed by atoms with Gasteiger partial charge in [0.25, 0.3) is 11.5 Å². The highest BCUT2D eigenvalue weighted by atomic mass is 16.2. The molecule has 104 valence electrons. The Morgan fingerprint density at radius 1 is 1.20 bits per heavy atom. The number of H-pyrrole nitrogens is 1. The zero-order chi connectivity index (χ0) is 14.7. The number of aromatic amines is 1. The first-order chi connectivity index (χ1) is 9.49. The molecule has 0 atom stereocenters. The lowest BCUT2D eigenvalue weighted by Gasteiger charge is -2.10. The Morgan fingerprint density at radius 3 is 2.40 bits per heavy atom. The molecule has 6 nitrogen and oxygen atoms in total. The molecule has 0 aliphatic rings. The molecule has 0 fully saturated rings. The molecule has 0 aliphatic heterocycles. The van der Waals surface area contributed by atoms with Gasteiger partial charge < -0.3 is 5.32 Å². The van der Waals surface area contributed by atoms with Gasteiger partial charge in [0, 0.05) is 17.7 Å². The van der Waals surface area contributed by atoms with Crippen molar-refractivity contribution in [1.29, 1.82) is 0 Å². The van der Waals surface area contributed by atoms with Gasteiger partial charge in [0.1, 0.15) is 5.82 Å². The van der Waals surface area contributed by atoms with Gasteiger partial charge in [-0.1, -0.05) is 18.2 Å². The normalized spacial score (nSPS) is 10.6. The first-order valence-corrected chi connectivity index (χ1v) is 6.21. The molecule has 1 amide bonds. The molecule has 0 saturated carbocycles. The fourth-order valence-electron chi connectivity index (χ4n) is 1.84. The van der Waals surface area contributed by atoms with E-state index in [-0.39, 0.29) is 17.8 Å². The van der Waals surface area contributed by atoms with Crippen LogP contribution in [0.2, 0.25) is 0 Å². The van der Waals surface area contributed by atoms with Crippen LogP contribution >= 0.6 is 0 Å². The van der Waals surface area contributed by atoms with Crippen LogP contribution in [-0.4, -0.2) is 15.5 Å². The zero-order valence-electron chi connectivity index (χ0n) is 11.2. The summed E-state index contributed by atoms with van der Waals surface area (Å²) in [7, 11) is 0. The van der Waals surface area contributed by atoms with Crippen LogP contribution in [0.15, 0.2) is 46.0 Å². The fraction of sp³-hybridized carbons (Fsp3) is 0.214. The third-order valence-electron chi connectivity index (χ3n) is 2.77. The van der Waals surface area contributed by atoms with Crippen LogP contribution in [0.5, 0.6) is 0 Å². The van der Waals surface area contributed by atoms with E-state index in [0.717, 1.165) is 4.57 Å². The van der Waals surface area contributed by atoms with E-state index in [4.69, 9.17) is 0 Å². The number of hydrogen-bond acceptors (Lipinski definition) is 3. The lowest BCUT2D eigenvalue weighted by Crippen LogP contribution is -2.36. The minimum absolute atomic E-state index is 0.0887. The number of anilines is 1. The largest absolute Gasteiger partial charge is 0.330 e. The second-order valence-electron chi connectivity index (χ2n) is 4.61. The van der Waals surface area contributed by atoms with Crippen LogP contribution in [0, 0.1) is 0 Å². The van der Waals surface area contributed by atoms with E-state index in [0.29, 0.717) is 5.56 Å². The molecule has 0 unspecified atom stereocenters. The summed E-state index contributed by atoms with van der Waals surface area (Å²) in [6.07, 6.45) is 0. The highest BCUT2D eigenvalue weighted by Crippen LogP contribution is 2.03. The van der Waals surface area contributed by atoms with Crippen molar-refractivity contribution < 1.29 is 4.79 Å². The van der Waals surface area contributed by atoms with Crippen molar-refractivity contribution in [2.24, 2.45) is 0 Å². The Labute approximate surface area is 115 Å². The molecule has 6 heteroatoms. The van der Waals surface area contributed by atoms with E-state index in [1.165, 1.54) is 6.07 Å². The van der Waals surface area contributed by atoms with Crippen molar-refractivity contribution in [2.75, 3.05) is 5.32 Å². The van der Waals surface area contributed by atoms with Gasteiger partial charge in [0.05, 0.1) is 0 Å². The minimum Gasteiger partial charge on any atom is -0.308 e. The fourth-order valence-corrected chi connectivity index (χ4v) is 1.84. The third kappa shape index (κ3) is 2.85. The van der Waals surface area contributed by atoms with Gasteiger partial charge in [0.2, 0.25) is 0 Å². The molecule has 1 heterocycles. The molecule has 2 rings (SSSR count). The summed E-state index contributed by atoms with van der Waals surface area (Å²) in [5.41, 5.74) is -0.552. The SMILES string of the molecule is CC(C)n1c(=O)cc(NC(=O)c2ccccc2)[nH]c1=O. The summed E-state index contributed by atoms with van der Waals surface area (Å²) >= 11 is 0. The number of amides is 1. The predicted octanol–water partition coefficient (Wildman–Crippen LogP) is 1.37. The average Bonchev–Trinajstić information content (AvgIpc) is 2.38. The van der Waals surface area contributed by atoms with Crippen molar-refractivity contribution >= 4 is 11.7 Å². The minimum atomic E-state index is -0.545. The number of carbonyl (C=O) groups is 1. The lowest BCUT2D eigenvalue weighted by atomic mass is 10.2. The molecule has 0 radical (unpaired) electrons. The van der Waals surface area contributed by atoms with Crippen LogP contribution in [-0.2, 0) is 0 Å². The standard InChI is InChI=1S/C14H15N3O3/c1-9(2)17-12(18)8-11(16-14(17)20)15-13(19)10-6-4-3-5-7-10/h3-9H,1-2H3,(H,15,19)(H,16,20). The lowest BCUT2D eigenvalue weighted by molar-refractivity contribution is 0.102. The molecule has 1 aromatic heterocycles. The van der Waals surface area contributed by atoms with Gasteiger partial charge in [-0.2, -0.15) is 0 Å². The summed E-state index contributed by atoms with van der Waals surface area (Å²) < 4.78 is 1.08. The molecule has 2 N–H and O–H groups in total. The number of benzene rings is 1. The molecular weight excluding hydrogens is 258 g/mol. The van der Waals surface area contributed by atoms with Crippen LogP contribution in [0.25, 0.3) is 0 Å². The number of nitrogens with zero attached hydrogens (tertiary/aromatic N) is 1. The van der Waals surface area contributed by atoms with E-state index in [2.05, 4.69) is 10.3 Å². The second-order valence-corrected chi connectivity index (χ2v) is 4.61. The van der Waals surface area contributed by atoms with Crippen molar-refractivity contribution in [3.05, 3.63) is 62.8 Å². The van der Waals surface area contributed by atoms with Crippen LogP contribution in [0.3, 0.4) is 0 Å². The predicted molar refractivity (Wildman–Crippen MR) is 76.1 cm³/mol. The molecule has 2 aromatic rings. The number of hydrogen-bond donors (Lipinski definition) is 2. The number of aromatic nitrogens is 2. The van der Waals surface area contributed by atoms with Gasteiger partial charge in [-0.15, -0.1) is 0 Å². The Balaban J connectivity index is 2.30. The number of rotatable bonds is 3. The van der Waals surface area contributed by atoms with E-state index in [1.54, 1.807) is 44.2 Å². The first-order valence-electron chi connectivity index (χ1n) is 6.21. The molecule has 0 saturated heterocycles. The Kier molecular flexibility index (Phi) is 3.84. The molecule has 0 bridgehead atoms. The van der Waals surface area contributed by atoms with Crippen molar-refractivity contribution in [1.82, 2.24) is 9.55 Å². The van der Waals surface area contributed by atoms with Crippen molar-refractivity contribution in [3.63, 3.8) is 0 Å². The monoisotopic (exact) mass is 273 g/mol. The van der Waals surface area contributed by atoms with Gasteiger partial charge in [-0.3, -0.25) is 19.1 Å². The van der Waals surface area contributed by atoms with E-state index in [1.807, 2.05) is 0 Å². The second kappa shape index (κ2) is 5.56. The topological polar surface area (TPSA) is 84.0 Å². The summed E-state index contributed by atoms with van der Waals surface area (Å²) in [5, 5.41) is 2.50. The summed E-state index contributed by atoms with van der Waals surface area (Å²) in [5.74, 6) is -0.297. The van der Waals surface area contributed by atoms with E-state index >= 15 is 0 Å². The summed E-state index contributed by atoms with van der Waals surface area (Å²) in [4.78, 5) is 38.0. The van der Waals surface area contributed by atoms with Gasteiger partial charge in [0.15, 0.2) is 0 Å². The maximum absolute atomic E-state index is 11.9. The van der Waals surface area contributed by atoms with E-state index in [9.17, 15) is 14.4 Å². The van der Waals surface area contributed by atoms with Crippen LogP contribution < -0.4 is 16.6 Å². The van der Waals surface area contributed by atoms with Gasteiger partial charge >= 0.3 is 5.69 Å². The average molecular weight is 273 g/mol.